The fraction of sp³-hybridized carbons (Fsp3) is 0.226. The number of hydrogen-bond donors (Lipinski definition) is 0. The van der Waals surface area contributed by atoms with E-state index in [0.29, 0.717) is 25.0 Å². The lowest BCUT2D eigenvalue weighted by Gasteiger charge is -2.18. The van der Waals surface area contributed by atoms with Gasteiger partial charge in [-0.2, -0.15) is 31.6 Å². The summed E-state index contributed by atoms with van der Waals surface area (Å²) in [5, 5.41) is 9.37. The Kier molecular flexibility index (Phi) is 9.56. The molecule has 4 rings (SSSR count). The van der Waals surface area contributed by atoms with E-state index in [4.69, 9.17) is 0 Å². The molecule has 0 N–H and O–H groups in total. The molecule has 3 aromatic carbocycles. The lowest BCUT2D eigenvalue weighted by atomic mass is 9.99. The molecule has 0 aliphatic rings. The van der Waals surface area contributed by atoms with Crippen molar-refractivity contribution in [1.29, 1.82) is 5.26 Å². The molecular formula is C31H22F8N2O2S. The molecule has 1 unspecified atom stereocenters. The molecule has 230 valence electrons. The third-order valence-electron chi connectivity index (χ3n) is 6.76. The Morgan fingerprint density at radius 1 is 0.864 bits per heavy atom. The largest absolute Gasteiger partial charge is 0.611 e. The van der Waals surface area contributed by atoms with Crippen LogP contribution in [0.5, 0.6) is 0 Å². The van der Waals surface area contributed by atoms with Crippen molar-refractivity contribution in [2.45, 2.75) is 43.6 Å². The molecule has 0 aliphatic carbocycles. The van der Waals surface area contributed by atoms with Crippen molar-refractivity contribution in [1.82, 2.24) is 4.57 Å². The molecule has 1 heterocycles. The highest BCUT2D eigenvalue weighted by Crippen LogP contribution is 2.37. The number of alkyl halides is 6. The van der Waals surface area contributed by atoms with E-state index in [-0.39, 0.29) is 38.6 Å². The summed E-state index contributed by atoms with van der Waals surface area (Å²) in [4.78, 5) is 13.1. The van der Waals surface area contributed by atoms with Gasteiger partial charge in [-0.25, -0.2) is 8.78 Å². The molecule has 1 aromatic heterocycles. The summed E-state index contributed by atoms with van der Waals surface area (Å²) >= 11 is -1.71. The quantitative estimate of drug-likeness (QED) is 0.144. The van der Waals surface area contributed by atoms with Crippen LogP contribution in [0.25, 0.3) is 22.4 Å². The zero-order valence-electron chi connectivity index (χ0n) is 22.8. The van der Waals surface area contributed by atoms with Crippen LogP contribution in [0.4, 0.5) is 35.1 Å². The summed E-state index contributed by atoms with van der Waals surface area (Å²) < 4.78 is 124. The molecule has 0 bridgehead atoms. The molecule has 1 atom stereocenters. The van der Waals surface area contributed by atoms with Gasteiger partial charge in [0.2, 0.25) is 0 Å². The van der Waals surface area contributed by atoms with Crippen molar-refractivity contribution in [3.8, 4) is 28.5 Å². The van der Waals surface area contributed by atoms with E-state index < -0.39 is 64.0 Å². The van der Waals surface area contributed by atoms with Crippen LogP contribution in [0.3, 0.4) is 0 Å². The van der Waals surface area contributed by atoms with Gasteiger partial charge in [-0.3, -0.25) is 4.79 Å². The van der Waals surface area contributed by atoms with E-state index in [1.807, 2.05) is 6.92 Å². The molecule has 0 aliphatic heterocycles. The number of unbranched alkanes of at least 4 members (excludes halogenated alkanes) is 1. The highest BCUT2D eigenvalue weighted by atomic mass is 32.2. The Labute approximate surface area is 249 Å². The van der Waals surface area contributed by atoms with Crippen LogP contribution in [0.15, 0.2) is 76.4 Å². The molecule has 0 amide bonds. The van der Waals surface area contributed by atoms with E-state index in [0.717, 1.165) is 28.8 Å². The van der Waals surface area contributed by atoms with Crippen molar-refractivity contribution >= 4 is 11.2 Å². The van der Waals surface area contributed by atoms with Gasteiger partial charge in [0.15, 0.2) is 4.90 Å². The molecule has 4 nitrogen and oxygen atoms in total. The zero-order valence-corrected chi connectivity index (χ0v) is 23.6. The van der Waals surface area contributed by atoms with Gasteiger partial charge in [0.1, 0.15) is 29.0 Å². The third kappa shape index (κ3) is 7.14. The topological polar surface area (TPSA) is 68.8 Å². The molecule has 0 spiro atoms. The molecule has 4 aromatic rings. The van der Waals surface area contributed by atoms with Gasteiger partial charge in [0, 0.05) is 23.8 Å². The molecule has 13 heteroatoms. The van der Waals surface area contributed by atoms with E-state index in [2.05, 4.69) is 0 Å². The first-order valence-corrected chi connectivity index (χ1v) is 14.4. The van der Waals surface area contributed by atoms with Crippen LogP contribution < -0.4 is 5.56 Å². The second-order valence-corrected chi connectivity index (χ2v) is 11.3. The lowest BCUT2D eigenvalue weighted by Crippen LogP contribution is -2.29. The average Bonchev–Trinajstić information content (AvgIpc) is 2.96. The number of hydrogen-bond acceptors (Lipinski definition) is 3. The fourth-order valence-electron chi connectivity index (χ4n) is 4.48. The maximum atomic E-state index is 14.5. The summed E-state index contributed by atoms with van der Waals surface area (Å²) in [7, 11) is 0. The Bertz CT molecular complexity index is 1770. The van der Waals surface area contributed by atoms with E-state index in [9.17, 15) is 49.7 Å². The number of aromatic nitrogens is 1. The standard InChI is InChI=1S/C31H22F8N2O2S/c1-2-3-10-44(43)24-12-21(11-22(13-24)30(34,35)36)18-4-6-19(7-5-18)28-15-26(31(37,38)39)25(16-40)29(42)41(28)17-20-8-9-23(32)14-27(20)33/h4-9,11-15H,2-3,10,17H2,1H3. The smallest absolute Gasteiger partial charge is 0.417 e. The van der Waals surface area contributed by atoms with Crippen molar-refractivity contribution in [3.63, 3.8) is 0 Å². The Balaban J connectivity index is 1.87. The first-order chi connectivity index (χ1) is 20.6. The summed E-state index contributed by atoms with van der Waals surface area (Å²) in [5.74, 6) is -1.84. The van der Waals surface area contributed by atoms with E-state index >= 15 is 0 Å². The third-order valence-corrected chi connectivity index (χ3v) is 8.18. The minimum atomic E-state index is -5.11. The van der Waals surface area contributed by atoms with Crippen molar-refractivity contribution in [2.24, 2.45) is 0 Å². The van der Waals surface area contributed by atoms with Crippen LogP contribution in [-0.2, 0) is 30.1 Å². The first kappa shape index (κ1) is 32.8. The number of rotatable bonds is 8. The molecule has 0 fully saturated rings. The average molecular weight is 639 g/mol. The van der Waals surface area contributed by atoms with Crippen LogP contribution >= 0.6 is 0 Å². The summed E-state index contributed by atoms with van der Waals surface area (Å²) in [6.45, 7) is 1.19. The molecular weight excluding hydrogens is 616 g/mol. The van der Waals surface area contributed by atoms with Crippen molar-refractivity contribution < 1.29 is 39.7 Å². The van der Waals surface area contributed by atoms with E-state index in [1.165, 1.54) is 36.4 Å². The van der Waals surface area contributed by atoms with Crippen molar-refractivity contribution in [3.05, 3.63) is 111 Å². The predicted molar refractivity (Wildman–Crippen MR) is 148 cm³/mol. The number of pyridine rings is 1. The summed E-state index contributed by atoms with van der Waals surface area (Å²) in [6.07, 6.45) is -8.65. The van der Waals surface area contributed by atoms with Gasteiger partial charge >= 0.3 is 12.4 Å². The lowest BCUT2D eigenvalue weighted by molar-refractivity contribution is -0.138. The van der Waals surface area contributed by atoms with Gasteiger partial charge in [-0.1, -0.05) is 43.7 Å². The summed E-state index contributed by atoms with van der Waals surface area (Å²) in [6, 6.07) is 12.4. The summed E-state index contributed by atoms with van der Waals surface area (Å²) in [5.41, 5.74) is -5.54. The highest BCUT2D eigenvalue weighted by Gasteiger charge is 2.37. The fourth-order valence-corrected chi connectivity index (χ4v) is 5.79. The zero-order chi connectivity index (χ0) is 32.4. The molecule has 0 saturated carbocycles. The second-order valence-electron chi connectivity index (χ2n) is 9.78. The Hall–Kier alpha value is -4.15. The van der Waals surface area contributed by atoms with Crippen LogP contribution in [0, 0.1) is 23.0 Å². The van der Waals surface area contributed by atoms with Gasteiger partial charge in [0.25, 0.3) is 5.56 Å². The first-order valence-electron chi connectivity index (χ1n) is 13.0. The van der Waals surface area contributed by atoms with Crippen molar-refractivity contribution in [2.75, 3.05) is 5.75 Å². The van der Waals surface area contributed by atoms with E-state index in [1.54, 1.807) is 0 Å². The number of benzene rings is 3. The van der Waals surface area contributed by atoms with Gasteiger partial charge < -0.3 is 9.12 Å². The van der Waals surface area contributed by atoms with Gasteiger partial charge in [-0.15, -0.1) is 0 Å². The van der Waals surface area contributed by atoms with Crippen LogP contribution in [-0.4, -0.2) is 14.9 Å². The molecule has 0 radical (unpaired) electrons. The highest BCUT2D eigenvalue weighted by molar-refractivity contribution is 7.91. The molecule has 44 heavy (non-hydrogen) atoms. The second kappa shape index (κ2) is 12.8. The number of nitriles is 1. The number of nitrogens with zero attached hydrogens (tertiary/aromatic N) is 2. The van der Waals surface area contributed by atoms with Crippen LogP contribution in [0.1, 0.15) is 42.0 Å². The normalized spacial score (nSPS) is 12.7. The van der Waals surface area contributed by atoms with Crippen LogP contribution in [0.2, 0.25) is 0 Å². The maximum Gasteiger partial charge on any atom is 0.417 e. The Morgan fingerprint density at radius 2 is 1.52 bits per heavy atom. The predicted octanol–water partition coefficient (Wildman–Crippen LogP) is 8.33. The monoisotopic (exact) mass is 638 g/mol. The van der Waals surface area contributed by atoms with Gasteiger partial charge in [0.05, 0.1) is 23.4 Å². The minimum absolute atomic E-state index is 0.0120. The Morgan fingerprint density at radius 3 is 2.09 bits per heavy atom. The molecule has 0 saturated heterocycles. The maximum absolute atomic E-state index is 14.5. The minimum Gasteiger partial charge on any atom is -0.611 e. The van der Waals surface area contributed by atoms with Gasteiger partial charge in [-0.05, 0) is 52.5 Å². The SMILES string of the molecule is CCCC[S+]([O-])c1cc(-c2ccc(-c3cc(C(F)(F)F)c(C#N)c(=O)n3Cc3ccc(F)cc3F)cc2)cc(C(F)(F)F)c1. The number of halogens is 8.